The van der Waals surface area contributed by atoms with Gasteiger partial charge in [-0.2, -0.15) is 0 Å². The van der Waals surface area contributed by atoms with Crippen LogP contribution in [0.15, 0.2) is 60.9 Å². The van der Waals surface area contributed by atoms with E-state index in [1.54, 1.807) is 17.3 Å². The molecule has 4 aromatic rings. The number of hydrogen-bond donors (Lipinski definition) is 1. The first-order valence-electron chi connectivity index (χ1n) is 16.8. The van der Waals surface area contributed by atoms with Gasteiger partial charge in [0, 0.05) is 49.2 Å². The van der Waals surface area contributed by atoms with Crippen LogP contribution in [0.3, 0.4) is 0 Å². The number of carbonyl (C=O) groups is 2. The molecule has 1 aliphatic heterocycles. The van der Waals surface area contributed by atoms with E-state index >= 15 is 0 Å². The van der Waals surface area contributed by atoms with E-state index in [1.165, 1.54) is 19.3 Å². The number of amides is 1. The van der Waals surface area contributed by atoms with E-state index in [-0.39, 0.29) is 18.1 Å². The molecule has 9 heteroatoms. The molecule has 0 unspecified atom stereocenters. The summed E-state index contributed by atoms with van der Waals surface area (Å²) in [6.07, 6.45) is 10.1. The number of anilines is 1. The SMILES string of the molecule is Cc1ccc2c(CC(=O)[C@H]3CC34CCC4)cccc2c1Oc1ncccc1-c1ccnc(N[C@H]2CCCN(C(=O)OC(C)(C)C)C2)n1. The molecule has 0 radical (unpaired) electrons. The second-order valence-corrected chi connectivity index (χ2v) is 14.5. The van der Waals surface area contributed by atoms with Crippen molar-refractivity contribution in [2.75, 3.05) is 18.4 Å². The number of piperidine rings is 1. The maximum absolute atomic E-state index is 13.2. The van der Waals surface area contributed by atoms with Crippen LogP contribution >= 0.6 is 0 Å². The van der Waals surface area contributed by atoms with Crippen molar-refractivity contribution in [2.45, 2.75) is 84.3 Å². The summed E-state index contributed by atoms with van der Waals surface area (Å²) in [5.74, 6) is 2.23. The summed E-state index contributed by atoms with van der Waals surface area (Å²) >= 11 is 0. The number of ketones is 1. The van der Waals surface area contributed by atoms with Gasteiger partial charge in [-0.25, -0.2) is 19.7 Å². The molecule has 1 saturated heterocycles. The normalized spacial score (nSPS) is 20.0. The molecule has 3 fully saturated rings. The summed E-state index contributed by atoms with van der Waals surface area (Å²) < 4.78 is 12.2. The Morgan fingerprint density at radius 1 is 1.00 bits per heavy atom. The Bertz CT molecular complexity index is 1830. The molecule has 1 amide bonds. The smallest absolute Gasteiger partial charge is 0.410 e. The van der Waals surface area contributed by atoms with Gasteiger partial charge in [-0.1, -0.05) is 36.8 Å². The molecule has 47 heavy (non-hydrogen) atoms. The third kappa shape index (κ3) is 6.53. The van der Waals surface area contributed by atoms with E-state index < -0.39 is 5.60 Å². The predicted octanol–water partition coefficient (Wildman–Crippen LogP) is 7.91. The highest BCUT2D eigenvalue weighted by Crippen LogP contribution is 2.66. The molecule has 2 aliphatic carbocycles. The number of aromatic nitrogens is 3. The quantitative estimate of drug-likeness (QED) is 0.209. The number of hydrogen-bond acceptors (Lipinski definition) is 8. The van der Waals surface area contributed by atoms with Gasteiger partial charge in [0.15, 0.2) is 0 Å². The first kappa shape index (κ1) is 31.1. The van der Waals surface area contributed by atoms with Gasteiger partial charge in [-0.3, -0.25) is 4.79 Å². The van der Waals surface area contributed by atoms with Crippen molar-refractivity contribution >= 4 is 28.6 Å². The number of rotatable bonds is 8. The maximum Gasteiger partial charge on any atom is 0.410 e. The summed E-state index contributed by atoms with van der Waals surface area (Å²) in [5.41, 5.74) is 3.21. The maximum atomic E-state index is 13.2. The number of aryl methyl sites for hydroxylation is 1. The summed E-state index contributed by atoms with van der Waals surface area (Å²) in [5, 5.41) is 5.41. The number of likely N-dealkylation sites (tertiary alicyclic amines) is 1. The van der Waals surface area contributed by atoms with E-state index in [0.29, 0.717) is 48.2 Å². The number of nitrogens with zero attached hydrogens (tertiary/aromatic N) is 4. The average Bonchev–Trinajstić information content (AvgIpc) is 3.80. The number of benzene rings is 2. The van der Waals surface area contributed by atoms with Crippen molar-refractivity contribution in [1.82, 2.24) is 19.9 Å². The van der Waals surface area contributed by atoms with Crippen LogP contribution in [0.5, 0.6) is 11.6 Å². The Morgan fingerprint density at radius 2 is 1.85 bits per heavy atom. The Hall–Kier alpha value is -4.53. The zero-order valence-corrected chi connectivity index (χ0v) is 27.7. The lowest BCUT2D eigenvalue weighted by molar-refractivity contribution is -0.120. The highest BCUT2D eigenvalue weighted by molar-refractivity contribution is 5.96. The molecule has 0 bridgehead atoms. The number of pyridine rings is 1. The number of nitrogens with one attached hydrogen (secondary N) is 1. The topological polar surface area (TPSA) is 107 Å². The van der Waals surface area contributed by atoms with Gasteiger partial charge in [0.05, 0.1) is 11.3 Å². The first-order chi connectivity index (χ1) is 22.6. The lowest BCUT2D eigenvalue weighted by atomic mass is 9.78. The van der Waals surface area contributed by atoms with Gasteiger partial charge in [-0.05, 0) is 99.9 Å². The molecule has 9 nitrogen and oxygen atoms in total. The summed E-state index contributed by atoms with van der Waals surface area (Å²) in [6.45, 7) is 8.83. The fraction of sp³-hybridized carbons (Fsp3) is 0.447. The number of Topliss-reactive ketones (excluding diaryl/α,β-unsaturated/α-hetero) is 1. The fourth-order valence-corrected chi connectivity index (χ4v) is 7.20. The summed E-state index contributed by atoms with van der Waals surface area (Å²) in [4.78, 5) is 41.6. The Labute approximate surface area is 276 Å². The Kier molecular flexibility index (Phi) is 8.10. The van der Waals surface area contributed by atoms with Crippen LogP contribution in [-0.2, 0) is 16.0 Å². The molecule has 244 valence electrons. The largest absolute Gasteiger partial charge is 0.444 e. The molecule has 3 heterocycles. The van der Waals surface area contributed by atoms with E-state index in [1.807, 2.05) is 52.0 Å². The van der Waals surface area contributed by atoms with Gasteiger partial charge in [0.1, 0.15) is 17.1 Å². The fourth-order valence-electron chi connectivity index (χ4n) is 7.20. The zero-order valence-electron chi connectivity index (χ0n) is 27.7. The van der Waals surface area contributed by atoms with Gasteiger partial charge in [0.2, 0.25) is 11.8 Å². The molecule has 2 atom stereocenters. The summed E-state index contributed by atoms with van der Waals surface area (Å²) in [6, 6.07) is 15.9. The van der Waals surface area contributed by atoms with Gasteiger partial charge >= 0.3 is 6.09 Å². The van der Waals surface area contributed by atoms with Gasteiger partial charge in [0.25, 0.3) is 0 Å². The molecular formula is C38H43N5O4. The average molecular weight is 634 g/mol. The highest BCUT2D eigenvalue weighted by Gasteiger charge is 2.60. The molecule has 3 aliphatic rings. The standard InChI is InChI=1S/C38H43N5O4/c1-24-13-14-27-25(21-32(44)30-22-38(30)16-8-17-38)9-5-11-28(27)33(24)46-34-29(12-6-18-39-34)31-15-19-40-35(42-31)41-26-10-7-20-43(23-26)36(45)47-37(2,3)4/h5-6,9,11-15,18-19,26,30H,7-8,10,16-17,20-23H2,1-4H3,(H,40,41,42)/t26-,30+/m0/s1. The lowest BCUT2D eigenvalue weighted by Crippen LogP contribution is -2.47. The second kappa shape index (κ2) is 12.2. The molecule has 2 aromatic heterocycles. The number of ether oxygens (including phenoxy) is 2. The minimum atomic E-state index is -0.542. The minimum Gasteiger partial charge on any atom is -0.444 e. The number of fused-ring (bicyclic) bond motifs is 1. The second-order valence-electron chi connectivity index (χ2n) is 14.5. The van der Waals surface area contributed by atoms with Crippen molar-refractivity contribution in [2.24, 2.45) is 11.3 Å². The Morgan fingerprint density at radius 3 is 2.62 bits per heavy atom. The highest BCUT2D eigenvalue weighted by atomic mass is 16.6. The van der Waals surface area contributed by atoms with Gasteiger partial charge < -0.3 is 19.7 Å². The van der Waals surface area contributed by atoms with Gasteiger partial charge in [-0.15, -0.1) is 0 Å². The van der Waals surface area contributed by atoms with Crippen LogP contribution in [0.2, 0.25) is 0 Å². The molecule has 2 aromatic carbocycles. The molecule has 1 N–H and O–H groups in total. The van der Waals surface area contributed by atoms with Crippen LogP contribution in [0.25, 0.3) is 22.0 Å². The van der Waals surface area contributed by atoms with Crippen LogP contribution < -0.4 is 10.1 Å². The van der Waals surface area contributed by atoms with E-state index in [4.69, 9.17) is 14.5 Å². The zero-order chi connectivity index (χ0) is 32.8. The van der Waals surface area contributed by atoms with E-state index in [0.717, 1.165) is 52.5 Å². The van der Waals surface area contributed by atoms with Crippen LogP contribution in [0, 0.1) is 18.3 Å². The van der Waals surface area contributed by atoms with E-state index in [9.17, 15) is 9.59 Å². The molecule has 7 rings (SSSR count). The van der Waals surface area contributed by atoms with Crippen molar-refractivity contribution < 1.29 is 19.1 Å². The predicted molar refractivity (Wildman–Crippen MR) is 182 cm³/mol. The lowest BCUT2D eigenvalue weighted by Gasteiger charge is -2.34. The molecular weight excluding hydrogens is 590 g/mol. The van der Waals surface area contributed by atoms with Crippen molar-refractivity contribution in [3.8, 4) is 22.9 Å². The van der Waals surface area contributed by atoms with Crippen LogP contribution in [0.4, 0.5) is 10.7 Å². The van der Waals surface area contributed by atoms with Crippen molar-refractivity contribution in [3.63, 3.8) is 0 Å². The minimum absolute atomic E-state index is 0.00489. The number of carbonyl (C=O) groups excluding carboxylic acids is 2. The monoisotopic (exact) mass is 633 g/mol. The summed E-state index contributed by atoms with van der Waals surface area (Å²) in [7, 11) is 0. The van der Waals surface area contributed by atoms with E-state index in [2.05, 4.69) is 39.6 Å². The first-order valence-corrected chi connectivity index (χ1v) is 16.8. The molecule has 2 saturated carbocycles. The third-order valence-electron chi connectivity index (χ3n) is 9.90. The Balaban J connectivity index is 1.10. The van der Waals surface area contributed by atoms with Crippen LogP contribution in [0.1, 0.15) is 70.4 Å². The van der Waals surface area contributed by atoms with Crippen LogP contribution in [-0.4, -0.2) is 56.5 Å². The third-order valence-corrected chi connectivity index (χ3v) is 9.90. The van der Waals surface area contributed by atoms with Crippen molar-refractivity contribution in [3.05, 3.63) is 72.1 Å². The molecule has 1 spiro atoms. The van der Waals surface area contributed by atoms with Crippen molar-refractivity contribution in [1.29, 1.82) is 0 Å².